The van der Waals surface area contributed by atoms with E-state index in [1.165, 1.54) is 0 Å². The Bertz CT molecular complexity index is 764. The molecule has 0 bridgehead atoms. The van der Waals surface area contributed by atoms with Crippen LogP contribution in [0.5, 0.6) is 5.75 Å². The van der Waals surface area contributed by atoms with E-state index >= 15 is 0 Å². The number of fused-ring (bicyclic) bond motifs is 1. The predicted octanol–water partition coefficient (Wildman–Crippen LogP) is 2.35. The second-order valence-electron chi connectivity index (χ2n) is 6.35. The first-order chi connectivity index (χ1) is 11.6. The fourth-order valence-corrected chi connectivity index (χ4v) is 3.43. The van der Waals surface area contributed by atoms with Crippen molar-refractivity contribution in [1.82, 2.24) is 9.97 Å². The Balaban J connectivity index is 1.63. The van der Waals surface area contributed by atoms with E-state index in [2.05, 4.69) is 14.9 Å². The van der Waals surface area contributed by atoms with Gasteiger partial charge >= 0.3 is 0 Å². The molecule has 1 fully saturated rings. The maximum absolute atomic E-state index is 9.53. The predicted molar refractivity (Wildman–Crippen MR) is 92.4 cm³/mol. The molecule has 1 aliphatic heterocycles. The zero-order valence-corrected chi connectivity index (χ0v) is 13.9. The Hall–Kier alpha value is -2.05. The number of nitrogens with zero attached hydrogens (tertiary/aromatic N) is 3. The molecule has 0 saturated heterocycles. The molecule has 24 heavy (non-hydrogen) atoms. The van der Waals surface area contributed by atoms with E-state index in [0.29, 0.717) is 24.7 Å². The van der Waals surface area contributed by atoms with E-state index in [1.807, 2.05) is 24.3 Å². The van der Waals surface area contributed by atoms with Crippen LogP contribution in [0.1, 0.15) is 30.0 Å². The summed E-state index contributed by atoms with van der Waals surface area (Å²) in [4.78, 5) is 10.9. The molecule has 0 spiro atoms. The third-order valence-electron chi connectivity index (χ3n) is 4.61. The standard InChI is InChI=1S/C17H19ClN4O2/c18-12-1-2-15-11(5-12)9-22(3-4-24-15)16-8-14(20-17(19)21-16)10-6-13(23)7-10/h1-2,5,8,10,13,23H,3-4,6-7,9H2,(H2,19,20,21). The quantitative estimate of drug-likeness (QED) is 0.868. The van der Waals surface area contributed by atoms with Crippen LogP contribution in [0.2, 0.25) is 5.02 Å². The maximum Gasteiger partial charge on any atom is 0.222 e. The molecule has 1 aliphatic carbocycles. The second-order valence-corrected chi connectivity index (χ2v) is 6.79. The molecule has 0 amide bonds. The van der Waals surface area contributed by atoms with Crippen molar-refractivity contribution < 1.29 is 9.84 Å². The van der Waals surface area contributed by atoms with E-state index < -0.39 is 0 Å². The number of anilines is 2. The van der Waals surface area contributed by atoms with Crippen LogP contribution in [0, 0.1) is 0 Å². The highest BCUT2D eigenvalue weighted by atomic mass is 35.5. The van der Waals surface area contributed by atoms with Crippen molar-refractivity contribution in [1.29, 1.82) is 0 Å². The van der Waals surface area contributed by atoms with Gasteiger partial charge in [-0.15, -0.1) is 0 Å². The molecule has 1 saturated carbocycles. The van der Waals surface area contributed by atoms with Gasteiger partial charge < -0.3 is 20.5 Å². The van der Waals surface area contributed by atoms with Crippen molar-refractivity contribution in [2.45, 2.75) is 31.4 Å². The van der Waals surface area contributed by atoms with Crippen molar-refractivity contribution in [3.8, 4) is 5.75 Å². The van der Waals surface area contributed by atoms with Crippen LogP contribution >= 0.6 is 11.6 Å². The number of rotatable bonds is 2. The van der Waals surface area contributed by atoms with Crippen molar-refractivity contribution in [2.75, 3.05) is 23.8 Å². The summed E-state index contributed by atoms with van der Waals surface area (Å²) in [6.07, 6.45) is 1.24. The molecule has 1 aromatic heterocycles. The van der Waals surface area contributed by atoms with Crippen LogP contribution in [0.4, 0.5) is 11.8 Å². The summed E-state index contributed by atoms with van der Waals surface area (Å²) in [5.41, 5.74) is 7.84. The van der Waals surface area contributed by atoms with Gasteiger partial charge in [-0.3, -0.25) is 0 Å². The lowest BCUT2D eigenvalue weighted by Gasteiger charge is -2.31. The third-order valence-corrected chi connectivity index (χ3v) is 4.84. The van der Waals surface area contributed by atoms with Gasteiger partial charge in [-0.1, -0.05) is 11.6 Å². The number of halogens is 1. The Morgan fingerprint density at radius 2 is 2.08 bits per heavy atom. The first-order valence-corrected chi connectivity index (χ1v) is 8.45. The van der Waals surface area contributed by atoms with E-state index in [0.717, 1.165) is 35.7 Å². The Labute approximate surface area is 145 Å². The van der Waals surface area contributed by atoms with E-state index in [1.54, 1.807) is 0 Å². The van der Waals surface area contributed by atoms with Crippen molar-refractivity contribution >= 4 is 23.4 Å². The Morgan fingerprint density at radius 1 is 1.25 bits per heavy atom. The summed E-state index contributed by atoms with van der Waals surface area (Å²) in [5, 5.41) is 10.2. The first-order valence-electron chi connectivity index (χ1n) is 8.07. The maximum atomic E-state index is 9.53. The summed E-state index contributed by atoms with van der Waals surface area (Å²) in [7, 11) is 0. The lowest BCUT2D eigenvalue weighted by atomic mass is 9.80. The van der Waals surface area contributed by atoms with Gasteiger partial charge in [0.05, 0.1) is 18.3 Å². The summed E-state index contributed by atoms with van der Waals surface area (Å²) >= 11 is 6.11. The SMILES string of the molecule is Nc1nc(C2CC(O)C2)cc(N2CCOc3ccc(Cl)cc3C2)n1. The number of nitrogens with two attached hydrogens (primary N) is 1. The lowest BCUT2D eigenvalue weighted by Crippen LogP contribution is -2.29. The van der Waals surface area contributed by atoms with Crippen molar-refractivity contribution in [3.63, 3.8) is 0 Å². The zero-order valence-electron chi connectivity index (χ0n) is 13.2. The van der Waals surface area contributed by atoms with Gasteiger partial charge in [0, 0.05) is 29.1 Å². The van der Waals surface area contributed by atoms with E-state index in [9.17, 15) is 5.11 Å². The van der Waals surface area contributed by atoms with Gasteiger partial charge in [-0.25, -0.2) is 4.98 Å². The van der Waals surface area contributed by atoms with E-state index in [-0.39, 0.29) is 18.0 Å². The third kappa shape index (κ3) is 2.99. The highest BCUT2D eigenvalue weighted by Crippen LogP contribution is 2.37. The number of benzene rings is 1. The molecular formula is C17H19ClN4O2. The minimum absolute atomic E-state index is 0.227. The Morgan fingerprint density at radius 3 is 2.88 bits per heavy atom. The second kappa shape index (κ2) is 6.11. The smallest absolute Gasteiger partial charge is 0.222 e. The molecular weight excluding hydrogens is 328 g/mol. The lowest BCUT2D eigenvalue weighted by molar-refractivity contribution is 0.0732. The van der Waals surface area contributed by atoms with Crippen LogP contribution in [0.25, 0.3) is 0 Å². The molecule has 2 heterocycles. The first kappa shape index (κ1) is 15.5. The van der Waals surface area contributed by atoms with Gasteiger partial charge in [0.1, 0.15) is 18.2 Å². The fraction of sp³-hybridized carbons (Fsp3) is 0.412. The molecule has 2 aliphatic rings. The molecule has 126 valence electrons. The number of aliphatic hydroxyl groups excluding tert-OH is 1. The molecule has 0 atom stereocenters. The normalized spacial score (nSPS) is 23.0. The van der Waals surface area contributed by atoms with Crippen LogP contribution in [-0.4, -0.2) is 34.3 Å². The molecule has 2 aromatic rings. The number of hydrogen-bond acceptors (Lipinski definition) is 6. The van der Waals surface area contributed by atoms with Gasteiger partial charge in [0.25, 0.3) is 0 Å². The fourth-order valence-electron chi connectivity index (χ4n) is 3.23. The number of aromatic nitrogens is 2. The summed E-state index contributed by atoms with van der Waals surface area (Å²) < 4.78 is 5.80. The highest BCUT2D eigenvalue weighted by molar-refractivity contribution is 6.30. The van der Waals surface area contributed by atoms with Gasteiger partial charge in [-0.05, 0) is 31.0 Å². The van der Waals surface area contributed by atoms with Gasteiger partial charge in [0.15, 0.2) is 0 Å². The van der Waals surface area contributed by atoms with Crippen LogP contribution in [0.3, 0.4) is 0 Å². The summed E-state index contributed by atoms with van der Waals surface area (Å²) in [6, 6.07) is 7.63. The average molecular weight is 347 g/mol. The van der Waals surface area contributed by atoms with Crippen LogP contribution in [-0.2, 0) is 6.54 Å². The molecule has 0 unspecified atom stereocenters. The summed E-state index contributed by atoms with van der Waals surface area (Å²) in [6.45, 7) is 1.92. The van der Waals surface area contributed by atoms with Gasteiger partial charge in [-0.2, -0.15) is 4.98 Å². The molecule has 6 nitrogen and oxygen atoms in total. The van der Waals surface area contributed by atoms with E-state index in [4.69, 9.17) is 22.1 Å². The average Bonchev–Trinajstić information content (AvgIpc) is 2.73. The highest BCUT2D eigenvalue weighted by Gasteiger charge is 2.30. The number of ether oxygens (including phenoxy) is 1. The molecule has 0 radical (unpaired) electrons. The number of hydrogen-bond donors (Lipinski definition) is 2. The summed E-state index contributed by atoms with van der Waals surface area (Å²) in [5.74, 6) is 2.16. The number of aliphatic hydroxyl groups is 1. The van der Waals surface area contributed by atoms with Crippen LogP contribution < -0.4 is 15.4 Å². The molecule has 4 rings (SSSR count). The number of nitrogen functional groups attached to an aromatic ring is 1. The topological polar surface area (TPSA) is 84.5 Å². The zero-order chi connectivity index (χ0) is 16.7. The van der Waals surface area contributed by atoms with Crippen molar-refractivity contribution in [3.05, 3.63) is 40.5 Å². The van der Waals surface area contributed by atoms with Crippen molar-refractivity contribution in [2.24, 2.45) is 0 Å². The largest absolute Gasteiger partial charge is 0.491 e. The monoisotopic (exact) mass is 346 g/mol. The molecule has 1 aromatic carbocycles. The molecule has 3 N–H and O–H groups in total. The molecule has 7 heteroatoms. The van der Waals surface area contributed by atoms with Gasteiger partial charge in [0.2, 0.25) is 5.95 Å². The Kier molecular flexibility index (Phi) is 3.94. The minimum Gasteiger partial charge on any atom is -0.491 e. The van der Waals surface area contributed by atoms with Crippen LogP contribution in [0.15, 0.2) is 24.3 Å². The minimum atomic E-state index is -0.227.